The third-order valence-electron chi connectivity index (χ3n) is 6.06. The van der Waals surface area contributed by atoms with Crippen LogP contribution in [-0.2, 0) is 0 Å². The lowest BCUT2D eigenvalue weighted by Gasteiger charge is -2.34. The molecule has 6 nitrogen and oxygen atoms in total. The molecule has 4 aromatic rings. The van der Waals surface area contributed by atoms with E-state index >= 15 is 0 Å². The zero-order chi connectivity index (χ0) is 22.1. The van der Waals surface area contributed by atoms with Crippen LogP contribution in [0.2, 0.25) is 0 Å². The maximum Gasteiger partial charge on any atom is 0.193 e. The molecule has 1 N–H and O–H groups in total. The summed E-state index contributed by atoms with van der Waals surface area (Å²) < 4.78 is 2.03. The highest BCUT2D eigenvalue weighted by molar-refractivity contribution is 5.84. The number of piperazine rings is 1. The molecule has 2 aromatic heterocycles. The van der Waals surface area contributed by atoms with E-state index in [1.54, 1.807) is 6.07 Å². The molecule has 0 aliphatic carbocycles. The number of fused-ring (bicyclic) bond motifs is 1. The molecule has 0 unspecified atom stereocenters. The van der Waals surface area contributed by atoms with Gasteiger partial charge in [0, 0.05) is 43.6 Å². The van der Waals surface area contributed by atoms with Gasteiger partial charge in [-0.15, -0.1) is 0 Å². The molecule has 1 saturated heterocycles. The van der Waals surface area contributed by atoms with Gasteiger partial charge in [0.05, 0.1) is 16.8 Å². The predicted octanol–water partition coefficient (Wildman–Crippen LogP) is 4.19. The number of aromatic nitrogens is 2. The van der Waals surface area contributed by atoms with Crippen LogP contribution in [0.4, 0.5) is 17.2 Å². The van der Waals surface area contributed by atoms with Gasteiger partial charge in [0.15, 0.2) is 5.43 Å². The van der Waals surface area contributed by atoms with E-state index in [4.69, 9.17) is 4.98 Å². The number of rotatable bonds is 4. The Balaban J connectivity index is 1.70. The molecule has 32 heavy (non-hydrogen) atoms. The molecule has 1 fully saturated rings. The van der Waals surface area contributed by atoms with E-state index < -0.39 is 0 Å². The molecule has 3 heterocycles. The molecule has 0 amide bonds. The molecule has 1 aliphatic rings. The van der Waals surface area contributed by atoms with Crippen LogP contribution in [0.5, 0.6) is 0 Å². The summed E-state index contributed by atoms with van der Waals surface area (Å²) in [5.74, 6) is 0.694. The first-order valence-corrected chi connectivity index (χ1v) is 11.0. The highest BCUT2D eigenvalue weighted by Gasteiger charge is 2.20. The number of likely N-dealkylation sites (N-methyl/N-ethyl adjacent to an activating group) is 1. The molecule has 0 bridgehead atoms. The largest absolute Gasteiger partial charge is 0.367 e. The number of nitrogens with one attached hydrogen (secondary N) is 1. The normalized spacial score (nSPS) is 14.6. The first kappa shape index (κ1) is 20.3. The Labute approximate surface area is 187 Å². The van der Waals surface area contributed by atoms with Crippen molar-refractivity contribution < 1.29 is 0 Å². The number of anilines is 3. The Hall–Kier alpha value is -3.64. The third kappa shape index (κ3) is 3.85. The fourth-order valence-electron chi connectivity index (χ4n) is 4.28. The minimum atomic E-state index is -0.0338. The monoisotopic (exact) mass is 425 g/mol. The van der Waals surface area contributed by atoms with E-state index in [1.807, 2.05) is 78.2 Å². The summed E-state index contributed by atoms with van der Waals surface area (Å²) in [5.41, 5.74) is 4.48. The van der Waals surface area contributed by atoms with Crippen molar-refractivity contribution in [2.24, 2.45) is 0 Å². The number of pyridine rings is 2. The van der Waals surface area contributed by atoms with E-state index in [2.05, 4.69) is 22.2 Å². The quantitative estimate of drug-likeness (QED) is 0.531. The van der Waals surface area contributed by atoms with Crippen molar-refractivity contribution in [3.63, 3.8) is 0 Å². The lowest BCUT2D eigenvalue weighted by Crippen LogP contribution is -2.44. The van der Waals surface area contributed by atoms with Crippen molar-refractivity contribution in [1.82, 2.24) is 14.5 Å². The van der Waals surface area contributed by atoms with Crippen LogP contribution >= 0.6 is 0 Å². The van der Waals surface area contributed by atoms with E-state index in [9.17, 15) is 4.79 Å². The van der Waals surface area contributed by atoms with Gasteiger partial charge in [-0.1, -0.05) is 36.4 Å². The average molecular weight is 426 g/mol. The molecule has 5 rings (SSSR count). The Morgan fingerprint density at radius 1 is 0.875 bits per heavy atom. The van der Waals surface area contributed by atoms with Gasteiger partial charge in [-0.2, -0.15) is 0 Å². The van der Waals surface area contributed by atoms with Crippen molar-refractivity contribution in [3.05, 3.63) is 88.7 Å². The summed E-state index contributed by atoms with van der Waals surface area (Å²) in [6, 6.07) is 23.6. The summed E-state index contributed by atoms with van der Waals surface area (Å²) in [5, 5.41) is 4.04. The van der Waals surface area contributed by atoms with Crippen LogP contribution in [0.15, 0.2) is 77.6 Å². The number of benzene rings is 2. The number of nitrogens with zero attached hydrogens (tertiary/aromatic N) is 4. The molecule has 0 saturated carbocycles. The lowest BCUT2D eigenvalue weighted by atomic mass is 10.1. The Bertz CT molecular complexity index is 1290. The minimum absolute atomic E-state index is 0.0338. The zero-order valence-electron chi connectivity index (χ0n) is 18.5. The molecular weight excluding hydrogens is 398 g/mol. The van der Waals surface area contributed by atoms with Gasteiger partial charge in [-0.05, 0) is 44.3 Å². The summed E-state index contributed by atoms with van der Waals surface area (Å²) in [4.78, 5) is 22.9. The van der Waals surface area contributed by atoms with Crippen LogP contribution in [0, 0.1) is 6.92 Å². The highest BCUT2D eigenvalue weighted by Crippen LogP contribution is 2.28. The molecule has 0 spiro atoms. The first-order valence-electron chi connectivity index (χ1n) is 11.0. The number of para-hydroxylation sites is 2. The Morgan fingerprint density at radius 2 is 1.53 bits per heavy atom. The topological polar surface area (TPSA) is 53.4 Å². The van der Waals surface area contributed by atoms with Crippen LogP contribution in [0.3, 0.4) is 0 Å². The SMILES string of the molecule is Cc1nc2c(cc1N1CCN(C)CC1)c(=O)cc(Nc1ccccc1)n2-c1ccccc1. The fraction of sp³-hybridized carbons (Fsp3) is 0.231. The van der Waals surface area contributed by atoms with Gasteiger partial charge in [0.25, 0.3) is 0 Å². The van der Waals surface area contributed by atoms with E-state index in [0.717, 1.165) is 48.9 Å². The lowest BCUT2D eigenvalue weighted by molar-refractivity contribution is 0.312. The number of hydrogen-bond acceptors (Lipinski definition) is 5. The number of aryl methyl sites for hydroxylation is 1. The molecule has 6 heteroatoms. The van der Waals surface area contributed by atoms with Crippen LogP contribution in [0.25, 0.3) is 16.7 Å². The van der Waals surface area contributed by atoms with Crippen LogP contribution < -0.4 is 15.6 Å². The van der Waals surface area contributed by atoms with E-state index in [-0.39, 0.29) is 5.43 Å². The van der Waals surface area contributed by atoms with E-state index in [1.165, 1.54) is 0 Å². The fourth-order valence-corrected chi connectivity index (χ4v) is 4.28. The van der Waals surface area contributed by atoms with Gasteiger partial charge in [0.2, 0.25) is 0 Å². The second kappa shape index (κ2) is 8.48. The maximum absolute atomic E-state index is 13.3. The highest BCUT2D eigenvalue weighted by atomic mass is 16.1. The molecule has 1 aliphatic heterocycles. The van der Waals surface area contributed by atoms with Crippen molar-refractivity contribution >= 4 is 28.2 Å². The first-order chi connectivity index (χ1) is 15.6. The van der Waals surface area contributed by atoms with Gasteiger partial charge in [-0.3, -0.25) is 9.36 Å². The van der Waals surface area contributed by atoms with Crippen molar-refractivity contribution in [1.29, 1.82) is 0 Å². The minimum Gasteiger partial charge on any atom is -0.367 e. The number of hydrogen-bond donors (Lipinski definition) is 1. The van der Waals surface area contributed by atoms with Crippen LogP contribution in [-0.4, -0.2) is 47.7 Å². The van der Waals surface area contributed by atoms with Crippen LogP contribution in [0.1, 0.15) is 5.69 Å². The van der Waals surface area contributed by atoms with Crippen molar-refractivity contribution in [2.75, 3.05) is 43.4 Å². The molecule has 2 aromatic carbocycles. The molecule has 0 atom stereocenters. The van der Waals surface area contributed by atoms with Gasteiger partial charge < -0.3 is 15.1 Å². The molecule has 0 radical (unpaired) electrons. The molecular formula is C26H27N5O. The summed E-state index contributed by atoms with van der Waals surface area (Å²) in [6.07, 6.45) is 0. The van der Waals surface area contributed by atoms with Gasteiger partial charge >= 0.3 is 0 Å². The van der Waals surface area contributed by atoms with E-state index in [0.29, 0.717) is 16.9 Å². The van der Waals surface area contributed by atoms with Crippen molar-refractivity contribution in [2.45, 2.75) is 6.92 Å². The summed E-state index contributed by atoms with van der Waals surface area (Å²) >= 11 is 0. The van der Waals surface area contributed by atoms with Gasteiger partial charge in [0.1, 0.15) is 11.5 Å². The Kier molecular flexibility index (Phi) is 5.37. The second-order valence-electron chi connectivity index (χ2n) is 8.31. The van der Waals surface area contributed by atoms with Crippen molar-refractivity contribution in [3.8, 4) is 5.69 Å². The average Bonchev–Trinajstić information content (AvgIpc) is 2.81. The zero-order valence-corrected chi connectivity index (χ0v) is 18.5. The summed E-state index contributed by atoms with van der Waals surface area (Å²) in [6.45, 7) is 5.91. The predicted molar refractivity (Wildman–Crippen MR) is 132 cm³/mol. The Morgan fingerprint density at radius 3 is 2.22 bits per heavy atom. The smallest absolute Gasteiger partial charge is 0.193 e. The maximum atomic E-state index is 13.3. The standard InChI is InChI=1S/C26H27N5O/c1-19-23(30-15-13-29(2)14-16-30)17-22-24(32)18-25(28-20-9-5-3-6-10-20)31(26(22)27-19)21-11-7-4-8-12-21/h3-12,17-18,28H,13-16H2,1-2H3. The van der Waals surface area contributed by atoms with Gasteiger partial charge in [-0.25, -0.2) is 4.98 Å². The molecule has 162 valence electrons. The third-order valence-corrected chi connectivity index (χ3v) is 6.06. The second-order valence-corrected chi connectivity index (χ2v) is 8.31. The summed E-state index contributed by atoms with van der Waals surface area (Å²) in [7, 11) is 2.14.